The molecule has 0 aliphatic carbocycles. The topological polar surface area (TPSA) is 57.5 Å². The molecule has 0 bridgehead atoms. The maximum Gasteiger partial charge on any atom is 0.343 e. The van der Waals surface area contributed by atoms with Crippen LogP contribution in [0.5, 0.6) is 5.75 Å². The second-order valence-corrected chi connectivity index (χ2v) is 5.59. The number of esters is 1. The third kappa shape index (κ3) is 3.40. The molecule has 0 radical (unpaired) electrons. The van der Waals surface area contributed by atoms with E-state index in [0.29, 0.717) is 12.3 Å². The Morgan fingerprint density at radius 2 is 1.80 bits per heavy atom. The second-order valence-electron chi connectivity index (χ2n) is 5.59. The zero-order valence-corrected chi connectivity index (χ0v) is 14.2. The van der Waals surface area contributed by atoms with Gasteiger partial charge in [0.1, 0.15) is 11.3 Å². The molecule has 1 heterocycles. The summed E-state index contributed by atoms with van der Waals surface area (Å²) >= 11 is 0. The molecule has 2 aromatic carbocycles. The van der Waals surface area contributed by atoms with Crippen molar-refractivity contribution in [3.8, 4) is 5.75 Å². The molecule has 3 aromatic rings. The summed E-state index contributed by atoms with van der Waals surface area (Å²) in [6.45, 7) is 2.24. The number of ether oxygens (including phenoxy) is 2. The van der Waals surface area contributed by atoms with E-state index < -0.39 is 5.97 Å². The molecule has 25 heavy (non-hydrogen) atoms. The number of methoxy groups -OCH3 is 1. The van der Waals surface area contributed by atoms with Gasteiger partial charge in [-0.15, -0.1) is 0 Å². The van der Waals surface area contributed by atoms with Gasteiger partial charge in [-0.25, -0.2) is 4.79 Å². The minimum atomic E-state index is -0.604. The molecular weight excluding hydrogens is 318 g/mol. The van der Waals surface area contributed by atoms with Gasteiger partial charge in [0.2, 0.25) is 0 Å². The molecule has 0 spiro atoms. The lowest BCUT2D eigenvalue weighted by molar-refractivity contribution is 0.0523. The molecule has 0 saturated heterocycles. The number of aromatic nitrogens is 1. The van der Waals surface area contributed by atoms with E-state index in [1.165, 1.54) is 10.6 Å². The van der Waals surface area contributed by atoms with Gasteiger partial charge in [-0.05, 0) is 42.0 Å². The lowest BCUT2D eigenvalue weighted by Crippen LogP contribution is -2.27. The second kappa shape index (κ2) is 7.21. The van der Waals surface area contributed by atoms with Gasteiger partial charge in [0.15, 0.2) is 0 Å². The molecule has 0 saturated carbocycles. The Balaban J connectivity index is 2.03. The third-order valence-electron chi connectivity index (χ3n) is 4.00. The molecule has 0 aliphatic heterocycles. The van der Waals surface area contributed by atoms with Crippen molar-refractivity contribution in [3.63, 3.8) is 0 Å². The van der Waals surface area contributed by atoms with Crippen LogP contribution < -0.4 is 10.3 Å². The van der Waals surface area contributed by atoms with Crippen LogP contribution in [0.4, 0.5) is 0 Å². The number of carbonyl (C=O) groups is 1. The summed E-state index contributed by atoms with van der Waals surface area (Å²) in [6, 6.07) is 15.0. The van der Waals surface area contributed by atoms with Crippen LogP contribution in [0.1, 0.15) is 22.8 Å². The Hall–Kier alpha value is -3.08. The van der Waals surface area contributed by atoms with Crippen LogP contribution in [0.25, 0.3) is 10.8 Å². The highest BCUT2D eigenvalue weighted by Crippen LogP contribution is 2.26. The summed E-state index contributed by atoms with van der Waals surface area (Å²) < 4.78 is 11.9. The number of rotatable bonds is 5. The predicted octanol–water partition coefficient (Wildman–Crippen LogP) is 3.24. The smallest absolute Gasteiger partial charge is 0.343 e. The molecule has 0 N–H and O–H groups in total. The van der Waals surface area contributed by atoms with Crippen LogP contribution in [0.2, 0.25) is 0 Å². The summed E-state index contributed by atoms with van der Waals surface area (Å²) in [4.78, 5) is 24.5. The van der Waals surface area contributed by atoms with Crippen molar-refractivity contribution in [2.24, 2.45) is 0 Å². The van der Waals surface area contributed by atoms with Crippen LogP contribution in [0.3, 0.4) is 0 Å². The molecule has 5 heteroatoms. The molecule has 0 aliphatic rings. The van der Waals surface area contributed by atoms with Crippen molar-refractivity contribution in [3.05, 3.63) is 76.2 Å². The highest BCUT2D eigenvalue weighted by atomic mass is 16.5. The largest absolute Gasteiger partial charge is 0.496 e. The quantitative estimate of drug-likeness (QED) is 0.671. The average molecular weight is 337 g/mol. The highest BCUT2D eigenvalue weighted by Gasteiger charge is 2.14. The molecule has 0 unspecified atom stereocenters. The van der Waals surface area contributed by atoms with E-state index in [9.17, 15) is 9.59 Å². The molecule has 128 valence electrons. The van der Waals surface area contributed by atoms with Gasteiger partial charge in [0.25, 0.3) is 5.56 Å². The fourth-order valence-corrected chi connectivity index (χ4v) is 2.79. The molecule has 0 fully saturated rings. The standard InChI is InChI=1S/C20H19NO4/c1-3-25-20(23)17-9-6-10-21(19(17)22)13-16-11-14-7-4-5-8-15(14)12-18(16)24-2/h4-12H,3,13H2,1-2H3. The van der Waals surface area contributed by atoms with Crippen molar-refractivity contribution in [2.45, 2.75) is 13.5 Å². The highest BCUT2D eigenvalue weighted by molar-refractivity contribution is 5.89. The van der Waals surface area contributed by atoms with Crippen molar-refractivity contribution >= 4 is 16.7 Å². The van der Waals surface area contributed by atoms with E-state index in [2.05, 4.69) is 0 Å². The third-order valence-corrected chi connectivity index (χ3v) is 4.00. The van der Waals surface area contributed by atoms with E-state index >= 15 is 0 Å². The molecule has 1 aromatic heterocycles. The number of pyridine rings is 1. The van der Waals surface area contributed by atoms with E-state index in [4.69, 9.17) is 9.47 Å². The van der Waals surface area contributed by atoms with Crippen molar-refractivity contribution in [1.29, 1.82) is 0 Å². The fourth-order valence-electron chi connectivity index (χ4n) is 2.79. The Morgan fingerprint density at radius 3 is 2.48 bits per heavy atom. The van der Waals surface area contributed by atoms with Gasteiger partial charge in [-0.3, -0.25) is 4.79 Å². The maximum absolute atomic E-state index is 12.6. The first-order valence-corrected chi connectivity index (χ1v) is 8.06. The lowest BCUT2D eigenvalue weighted by atomic mass is 10.1. The van der Waals surface area contributed by atoms with Crippen molar-refractivity contribution < 1.29 is 14.3 Å². The minimum absolute atomic E-state index is 0.0316. The monoisotopic (exact) mass is 337 g/mol. The van der Waals surface area contributed by atoms with Crippen LogP contribution in [0, 0.1) is 0 Å². The summed E-state index contributed by atoms with van der Waals surface area (Å²) in [5.41, 5.74) is 0.518. The molecule has 0 amide bonds. The van der Waals surface area contributed by atoms with Crippen molar-refractivity contribution in [1.82, 2.24) is 4.57 Å². The van der Waals surface area contributed by atoms with Crippen LogP contribution in [-0.4, -0.2) is 24.3 Å². The summed E-state index contributed by atoms with van der Waals surface area (Å²) in [7, 11) is 1.60. The number of hydrogen-bond acceptors (Lipinski definition) is 4. The number of benzene rings is 2. The normalized spacial score (nSPS) is 10.6. The first-order valence-electron chi connectivity index (χ1n) is 8.06. The predicted molar refractivity (Wildman–Crippen MR) is 96.3 cm³/mol. The molecule has 3 rings (SSSR count). The summed E-state index contributed by atoms with van der Waals surface area (Å²) in [5, 5.41) is 2.13. The van der Waals surface area contributed by atoms with Gasteiger partial charge in [-0.2, -0.15) is 0 Å². The Labute approximate surface area is 145 Å². The van der Waals surface area contributed by atoms with Gasteiger partial charge in [-0.1, -0.05) is 24.3 Å². The van der Waals surface area contributed by atoms with E-state index in [0.717, 1.165) is 16.3 Å². The van der Waals surface area contributed by atoms with Crippen molar-refractivity contribution in [2.75, 3.05) is 13.7 Å². The first kappa shape index (κ1) is 16.8. The van der Waals surface area contributed by atoms with Crippen LogP contribution in [0.15, 0.2) is 59.5 Å². The minimum Gasteiger partial charge on any atom is -0.496 e. The van der Waals surface area contributed by atoms with Gasteiger partial charge in [0.05, 0.1) is 20.3 Å². The number of nitrogens with zero attached hydrogens (tertiary/aromatic N) is 1. The Bertz CT molecular complexity index is 975. The van der Waals surface area contributed by atoms with Crippen LogP contribution >= 0.6 is 0 Å². The summed E-state index contributed by atoms with van der Waals surface area (Å²) in [5.74, 6) is 0.0967. The Kier molecular flexibility index (Phi) is 4.84. The molecular formula is C20H19NO4. The number of fused-ring (bicyclic) bond motifs is 1. The van der Waals surface area contributed by atoms with Gasteiger partial charge in [0, 0.05) is 11.8 Å². The van der Waals surface area contributed by atoms with E-state index in [1.807, 2.05) is 36.4 Å². The average Bonchev–Trinajstić information content (AvgIpc) is 2.63. The number of hydrogen-bond donors (Lipinski definition) is 0. The van der Waals surface area contributed by atoms with Crippen LogP contribution in [-0.2, 0) is 11.3 Å². The van der Waals surface area contributed by atoms with E-state index in [-0.39, 0.29) is 17.7 Å². The molecule has 5 nitrogen and oxygen atoms in total. The fraction of sp³-hybridized carbons (Fsp3) is 0.200. The number of carbonyl (C=O) groups excluding carboxylic acids is 1. The lowest BCUT2D eigenvalue weighted by Gasteiger charge is -2.13. The van der Waals surface area contributed by atoms with E-state index in [1.54, 1.807) is 26.3 Å². The Morgan fingerprint density at radius 1 is 1.08 bits per heavy atom. The SMILES string of the molecule is CCOC(=O)c1cccn(Cc2cc3ccccc3cc2OC)c1=O. The van der Waals surface area contributed by atoms with Gasteiger partial charge >= 0.3 is 5.97 Å². The van der Waals surface area contributed by atoms with Gasteiger partial charge < -0.3 is 14.0 Å². The zero-order chi connectivity index (χ0) is 17.8. The molecule has 0 atom stereocenters. The summed E-state index contributed by atoms with van der Waals surface area (Å²) in [6.07, 6.45) is 1.65. The maximum atomic E-state index is 12.6. The first-order chi connectivity index (χ1) is 12.1. The zero-order valence-electron chi connectivity index (χ0n) is 14.2.